The highest BCUT2D eigenvalue weighted by molar-refractivity contribution is 6.39. The first kappa shape index (κ1) is 27.1. The van der Waals surface area contributed by atoms with Crippen molar-refractivity contribution < 1.29 is 23.1 Å². The van der Waals surface area contributed by atoms with E-state index in [0.717, 1.165) is 41.3 Å². The summed E-state index contributed by atoms with van der Waals surface area (Å²) in [7, 11) is 1.36. The molecular formula is C30H28F3N5O2. The number of carboxylic acids is 1. The quantitative estimate of drug-likeness (QED) is 0.204. The van der Waals surface area contributed by atoms with Gasteiger partial charge in [0.15, 0.2) is 5.82 Å². The van der Waals surface area contributed by atoms with Gasteiger partial charge in [-0.15, -0.1) is 0 Å². The lowest BCUT2D eigenvalue weighted by Gasteiger charge is -2.13. The number of carboxylic acid groups (broad SMARTS) is 1. The number of aliphatic carboxylic acids is 1. The zero-order valence-electron chi connectivity index (χ0n) is 22.0. The van der Waals surface area contributed by atoms with Gasteiger partial charge in [0.25, 0.3) is 0 Å². The zero-order chi connectivity index (χ0) is 28.4. The van der Waals surface area contributed by atoms with Gasteiger partial charge in [-0.25, -0.2) is 9.78 Å². The molecule has 4 aromatic rings. The molecule has 1 saturated carbocycles. The molecule has 1 aliphatic rings. The number of carbonyl (C=O) groups is 1. The Kier molecular flexibility index (Phi) is 7.42. The van der Waals surface area contributed by atoms with E-state index in [4.69, 9.17) is 9.98 Å². The molecule has 1 fully saturated rings. The first-order valence-electron chi connectivity index (χ1n) is 12.9. The van der Waals surface area contributed by atoms with Crippen LogP contribution in [0.2, 0.25) is 0 Å². The van der Waals surface area contributed by atoms with E-state index in [1.54, 1.807) is 6.21 Å². The van der Waals surface area contributed by atoms with E-state index in [9.17, 15) is 23.1 Å². The third-order valence-electron chi connectivity index (χ3n) is 7.04. The number of fused-ring (bicyclic) bond motifs is 1. The molecule has 2 N–H and O–H groups in total. The van der Waals surface area contributed by atoms with Crippen LogP contribution in [0.25, 0.3) is 22.2 Å². The lowest BCUT2D eigenvalue weighted by Crippen LogP contribution is -2.23. The number of hydrogen-bond acceptors (Lipinski definition) is 4. The van der Waals surface area contributed by atoms with Crippen molar-refractivity contribution in [1.82, 2.24) is 9.55 Å². The van der Waals surface area contributed by atoms with Gasteiger partial charge in [-0.05, 0) is 60.2 Å². The van der Waals surface area contributed by atoms with Gasteiger partial charge in [0.05, 0.1) is 11.6 Å². The number of halogens is 3. The minimum atomic E-state index is -4.44. The van der Waals surface area contributed by atoms with E-state index in [0.29, 0.717) is 23.0 Å². The summed E-state index contributed by atoms with van der Waals surface area (Å²) in [5.41, 5.74) is 1.14. The topological polar surface area (TPSA) is 91.9 Å². The predicted molar refractivity (Wildman–Crippen MR) is 150 cm³/mol. The van der Waals surface area contributed by atoms with Crippen molar-refractivity contribution in [2.45, 2.75) is 38.5 Å². The molecule has 0 saturated heterocycles. The number of anilines is 1. The summed E-state index contributed by atoms with van der Waals surface area (Å²) >= 11 is 0. The van der Waals surface area contributed by atoms with E-state index in [1.807, 2.05) is 54.0 Å². The number of benzene rings is 3. The Hall–Kier alpha value is -4.47. The highest BCUT2D eigenvalue weighted by atomic mass is 19.4. The van der Waals surface area contributed by atoms with Crippen molar-refractivity contribution in [2.24, 2.45) is 15.9 Å². The monoisotopic (exact) mass is 547 g/mol. The molecule has 1 heterocycles. The summed E-state index contributed by atoms with van der Waals surface area (Å²) in [4.78, 5) is 25.1. The Morgan fingerprint density at radius 1 is 1.12 bits per heavy atom. The van der Waals surface area contributed by atoms with Crippen LogP contribution in [0, 0.1) is 5.92 Å². The Morgan fingerprint density at radius 3 is 2.45 bits per heavy atom. The van der Waals surface area contributed by atoms with Gasteiger partial charge < -0.3 is 15.0 Å². The third-order valence-corrected chi connectivity index (χ3v) is 7.04. The predicted octanol–water partition coefficient (Wildman–Crippen LogP) is 6.51. The molecule has 0 aliphatic heterocycles. The summed E-state index contributed by atoms with van der Waals surface area (Å²) < 4.78 is 41.4. The molecule has 7 nitrogen and oxygen atoms in total. The Balaban J connectivity index is 1.66. The third kappa shape index (κ3) is 5.90. The molecule has 0 radical (unpaired) electrons. The SMILES string of the molecule is CN=C(Nc1nc(-c2ccc3ccccc3c2)n(Cc2ccc(C(F)(F)F)cc2)c1C=N[C@H](C)C1CC1)C(=O)O. The van der Waals surface area contributed by atoms with Crippen molar-refractivity contribution in [3.63, 3.8) is 0 Å². The molecule has 1 aromatic heterocycles. The molecule has 40 heavy (non-hydrogen) atoms. The van der Waals surface area contributed by atoms with Gasteiger partial charge in [-0.3, -0.25) is 9.98 Å². The Morgan fingerprint density at radius 2 is 1.82 bits per heavy atom. The fourth-order valence-electron chi connectivity index (χ4n) is 4.58. The van der Waals surface area contributed by atoms with Crippen LogP contribution in [0.15, 0.2) is 76.7 Å². The molecule has 0 bridgehead atoms. The fourth-order valence-corrected chi connectivity index (χ4v) is 4.58. The number of amidine groups is 1. The van der Waals surface area contributed by atoms with Crippen LogP contribution in [-0.4, -0.2) is 45.8 Å². The lowest BCUT2D eigenvalue weighted by atomic mass is 10.1. The van der Waals surface area contributed by atoms with E-state index >= 15 is 0 Å². The summed E-state index contributed by atoms with van der Waals surface area (Å²) in [6.07, 6.45) is -0.572. The summed E-state index contributed by atoms with van der Waals surface area (Å²) in [5.74, 6) is -0.305. The maximum absolute atomic E-state index is 13.2. The second-order valence-electron chi connectivity index (χ2n) is 9.87. The maximum Gasteiger partial charge on any atom is 0.416 e. The number of rotatable bonds is 7. The van der Waals surface area contributed by atoms with Gasteiger partial charge in [0.1, 0.15) is 11.5 Å². The smallest absolute Gasteiger partial charge is 0.416 e. The fraction of sp³-hybridized carbons (Fsp3) is 0.267. The van der Waals surface area contributed by atoms with Crippen LogP contribution in [0.1, 0.15) is 36.6 Å². The normalized spacial score (nSPS) is 15.1. The molecule has 5 rings (SSSR count). The van der Waals surface area contributed by atoms with Gasteiger partial charge in [-0.2, -0.15) is 13.2 Å². The number of imidazole rings is 1. The van der Waals surface area contributed by atoms with Crippen LogP contribution in [-0.2, 0) is 17.5 Å². The first-order valence-corrected chi connectivity index (χ1v) is 12.9. The van der Waals surface area contributed by atoms with Crippen LogP contribution in [0.3, 0.4) is 0 Å². The number of aliphatic imine (C=N–C) groups is 2. The van der Waals surface area contributed by atoms with Gasteiger partial charge in [-0.1, -0.05) is 48.5 Å². The standard InChI is InChI=1S/C30H28F3N5O2/c1-18(20-9-10-20)35-16-25-26(36-27(34-2)29(39)40)37-28(23-12-11-21-5-3-4-6-22(21)15-23)38(25)17-19-7-13-24(14-8-19)30(31,32)33/h3-8,11-16,18,20H,9-10,17H2,1-2H3,(H,34,36)(H,39,40)/t18-/m1/s1. The molecule has 0 spiro atoms. The molecular weight excluding hydrogens is 519 g/mol. The summed E-state index contributed by atoms with van der Waals surface area (Å²) in [5, 5.41) is 14.5. The van der Waals surface area contributed by atoms with Crippen LogP contribution in [0.5, 0.6) is 0 Å². The number of aromatic nitrogens is 2. The minimum Gasteiger partial charge on any atom is -0.475 e. The van der Waals surface area contributed by atoms with Gasteiger partial charge >= 0.3 is 12.1 Å². The maximum atomic E-state index is 13.2. The Labute approximate surface area is 229 Å². The van der Waals surface area contributed by atoms with Crippen LogP contribution < -0.4 is 5.32 Å². The molecule has 206 valence electrons. The average molecular weight is 548 g/mol. The largest absolute Gasteiger partial charge is 0.475 e. The molecule has 0 unspecified atom stereocenters. The number of nitrogens with one attached hydrogen (secondary N) is 1. The van der Waals surface area contributed by atoms with Crippen molar-refractivity contribution in [3.05, 3.63) is 83.6 Å². The second kappa shape index (κ2) is 11.0. The Bertz CT molecular complexity index is 1600. The zero-order valence-corrected chi connectivity index (χ0v) is 22.0. The molecule has 0 amide bonds. The summed E-state index contributed by atoms with van der Waals surface area (Å²) in [6.45, 7) is 2.21. The lowest BCUT2D eigenvalue weighted by molar-refractivity contribution is -0.137. The average Bonchev–Trinajstić information content (AvgIpc) is 3.73. The molecule has 3 aromatic carbocycles. The molecule has 10 heteroatoms. The highest BCUT2D eigenvalue weighted by Gasteiger charge is 2.30. The number of nitrogens with zero attached hydrogens (tertiary/aromatic N) is 4. The van der Waals surface area contributed by atoms with Crippen molar-refractivity contribution in [2.75, 3.05) is 12.4 Å². The van der Waals surface area contributed by atoms with Crippen molar-refractivity contribution >= 4 is 34.6 Å². The minimum absolute atomic E-state index is 0.0603. The number of alkyl halides is 3. The second-order valence-corrected chi connectivity index (χ2v) is 9.87. The first-order chi connectivity index (χ1) is 19.1. The number of hydrogen-bond donors (Lipinski definition) is 2. The van der Waals surface area contributed by atoms with E-state index in [2.05, 4.69) is 10.3 Å². The summed E-state index contributed by atoms with van der Waals surface area (Å²) in [6, 6.07) is 18.7. The molecule has 1 aliphatic carbocycles. The van der Waals surface area contributed by atoms with Crippen molar-refractivity contribution in [1.29, 1.82) is 0 Å². The van der Waals surface area contributed by atoms with Crippen molar-refractivity contribution in [3.8, 4) is 11.4 Å². The van der Waals surface area contributed by atoms with Crippen LogP contribution >= 0.6 is 0 Å². The van der Waals surface area contributed by atoms with E-state index in [-0.39, 0.29) is 24.2 Å². The molecule has 1 atom stereocenters. The van der Waals surface area contributed by atoms with Crippen LogP contribution in [0.4, 0.5) is 19.0 Å². The van der Waals surface area contributed by atoms with Gasteiger partial charge in [0.2, 0.25) is 5.84 Å². The van der Waals surface area contributed by atoms with E-state index < -0.39 is 17.7 Å². The van der Waals surface area contributed by atoms with Gasteiger partial charge in [0, 0.05) is 25.4 Å². The highest BCUT2D eigenvalue weighted by Crippen LogP contribution is 2.35. The van der Waals surface area contributed by atoms with E-state index in [1.165, 1.54) is 19.2 Å².